The lowest BCUT2D eigenvalue weighted by Crippen LogP contribution is -2.24. The number of nitrogens with zero attached hydrogens (tertiary/aromatic N) is 3. The second kappa shape index (κ2) is 3.62. The van der Waals surface area contributed by atoms with E-state index in [-0.39, 0.29) is 5.91 Å². The Kier molecular flexibility index (Phi) is 2.75. The minimum Gasteiger partial charge on any atom is -0.290 e. The van der Waals surface area contributed by atoms with Crippen LogP contribution in [-0.4, -0.2) is 23.2 Å². The quantitative estimate of drug-likeness (QED) is 0.696. The van der Waals surface area contributed by atoms with Crippen molar-refractivity contribution in [3.8, 4) is 0 Å². The molecule has 0 aromatic carbocycles. The number of aryl methyl sites for hydroxylation is 1. The first kappa shape index (κ1) is 9.12. The average Bonchev–Trinajstić information content (AvgIpc) is 2.49. The molecule has 0 saturated heterocycles. The van der Waals surface area contributed by atoms with E-state index in [0.717, 1.165) is 5.01 Å². The number of rotatable bonds is 2. The van der Waals surface area contributed by atoms with E-state index in [0.29, 0.717) is 11.6 Å². The molecule has 0 spiro atoms. The second-order valence-corrected chi connectivity index (χ2v) is 3.57. The standard InChI is InChI=1S/C7H11N3OS/c1-4-6(11)10(3)7-9-8-5(2)12-7/h4H2,1-3H3. The summed E-state index contributed by atoms with van der Waals surface area (Å²) in [6.45, 7) is 3.69. The lowest BCUT2D eigenvalue weighted by atomic mass is 10.4. The van der Waals surface area contributed by atoms with Gasteiger partial charge in [-0.3, -0.25) is 9.69 Å². The first-order valence-corrected chi connectivity index (χ1v) is 4.53. The largest absolute Gasteiger partial charge is 0.290 e. The lowest BCUT2D eigenvalue weighted by molar-refractivity contribution is -0.118. The third-order valence-corrected chi connectivity index (χ3v) is 2.39. The van der Waals surface area contributed by atoms with Crippen LogP contribution in [0, 0.1) is 6.92 Å². The zero-order chi connectivity index (χ0) is 9.14. The van der Waals surface area contributed by atoms with Gasteiger partial charge in [-0.05, 0) is 6.92 Å². The fourth-order valence-electron chi connectivity index (χ4n) is 0.766. The Morgan fingerprint density at radius 2 is 2.25 bits per heavy atom. The van der Waals surface area contributed by atoms with Crippen molar-refractivity contribution >= 4 is 22.4 Å². The molecular formula is C7H11N3OS. The van der Waals surface area contributed by atoms with E-state index in [1.54, 1.807) is 7.05 Å². The molecule has 1 rings (SSSR count). The van der Waals surface area contributed by atoms with Crippen LogP contribution in [-0.2, 0) is 4.79 Å². The molecule has 0 aliphatic heterocycles. The lowest BCUT2D eigenvalue weighted by Gasteiger charge is -2.10. The highest BCUT2D eigenvalue weighted by atomic mass is 32.1. The molecule has 1 aromatic heterocycles. The number of carbonyl (C=O) groups is 1. The van der Waals surface area contributed by atoms with Gasteiger partial charge in [-0.2, -0.15) is 0 Å². The summed E-state index contributed by atoms with van der Waals surface area (Å²) in [5, 5.41) is 9.23. The molecule has 0 unspecified atom stereocenters. The van der Waals surface area contributed by atoms with Crippen molar-refractivity contribution in [1.29, 1.82) is 0 Å². The molecule has 0 aliphatic rings. The van der Waals surface area contributed by atoms with Gasteiger partial charge in [0.05, 0.1) is 0 Å². The molecule has 0 bridgehead atoms. The minimum atomic E-state index is 0.0613. The molecule has 1 heterocycles. The van der Waals surface area contributed by atoms with E-state index in [2.05, 4.69) is 10.2 Å². The molecule has 1 amide bonds. The number of anilines is 1. The van der Waals surface area contributed by atoms with Crippen LogP contribution < -0.4 is 4.90 Å². The van der Waals surface area contributed by atoms with Crippen molar-refractivity contribution < 1.29 is 4.79 Å². The summed E-state index contributed by atoms with van der Waals surface area (Å²) in [5.74, 6) is 0.0613. The van der Waals surface area contributed by atoms with E-state index in [9.17, 15) is 4.79 Å². The Labute approximate surface area is 75.2 Å². The first-order chi connectivity index (χ1) is 5.65. The highest BCUT2D eigenvalue weighted by Gasteiger charge is 2.11. The summed E-state index contributed by atoms with van der Waals surface area (Å²) in [4.78, 5) is 12.7. The molecule has 0 saturated carbocycles. The molecule has 0 atom stereocenters. The van der Waals surface area contributed by atoms with E-state index >= 15 is 0 Å². The van der Waals surface area contributed by atoms with Crippen LogP contribution in [0.4, 0.5) is 5.13 Å². The molecule has 0 fully saturated rings. The number of hydrogen-bond donors (Lipinski definition) is 0. The molecule has 5 heteroatoms. The fraction of sp³-hybridized carbons (Fsp3) is 0.571. The third-order valence-electron chi connectivity index (χ3n) is 1.48. The number of aromatic nitrogens is 2. The van der Waals surface area contributed by atoms with Gasteiger partial charge in [0.25, 0.3) is 0 Å². The van der Waals surface area contributed by atoms with Gasteiger partial charge in [0.2, 0.25) is 11.0 Å². The summed E-state index contributed by atoms with van der Waals surface area (Å²) in [5.41, 5.74) is 0. The molecule has 0 aliphatic carbocycles. The minimum absolute atomic E-state index is 0.0613. The van der Waals surface area contributed by atoms with Crippen LogP contribution in [0.25, 0.3) is 0 Å². The Hall–Kier alpha value is -0.970. The highest BCUT2D eigenvalue weighted by molar-refractivity contribution is 7.15. The van der Waals surface area contributed by atoms with Crippen molar-refractivity contribution in [3.05, 3.63) is 5.01 Å². The summed E-state index contributed by atoms with van der Waals surface area (Å²) in [7, 11) is 1.71. The molecule has 0 radical (unpaired) electrons. The fourth-order valence-corrected chi connectivity index (χ4v) is 1.43. The topological polar surface area (TPSA) is 46.1 Å². The smallest absolute Gasteiger partial charge is 0.228 e. The van der Waals surface area contributed by atoms with E-state index in [1.165, 1.54) is 16.2 Å². The number of carbonyl (C=O) groups excluding carboxylic acids is 1. The number of amides is 1. The van der Waals surface area contributed by atoms with Crippen LogP contribution in [0.3, 0.4) is 0 Å². The van der Waals surface area contributed by atoms with Crippen molar-refractivity contribution in [2.45, 2.75) is 20.3 Å². The molecule has 1 aromatic rings. The molecule has 4 nitrogen and oxygen atoms in total. The van der Waals surface area contributed by atoms with Crippen molar-refractivity contribution in [3.63, 3.8) is 0 Å². The maximum Gasteiger partial charge on any atom is 0.228 e. The van der Waals surface area contributed by atoms with Gasteiger partial charge in [-0.15, -0.1) is 10.2 Å². The van der Waals surface area contributed by atoms with Crippen LogP contribution in [0.1, 0.15) is 18.4 Å². The van der Waals surface area contributed by atoms with Gasteiger partial charge in [0, 0.05) is 13.5 Å². The number of hydrogen-bond acceptors (Lipinski definition) is 4. The van der Waals surface area contributed by atoms with Gasteiger partial charge >= 0.3 is 0 Å². The summed E-state index contributed by atoms with van der Waals surface area (Å²) >= 11 is 1.42. The van der Waals surface area contributed by atoms with Crippen molar-refractivity contribution in [1.82, 2.24) is 10.2 Å². The van der Waals surface area contributed by atoms with E-state index < -0.39 is 0 Å². The predicted molar refractivity (Wildman–Crippen MR) is 48.3 cm³/mol. The van der Waals surface area contributed by atoms with Crippen LogP contribution in [0.15, 0.2) is 0 Å². The summed E-state index contributed by atoms with van der Waals surface area (Å²) in [6.07, 6.45) is 0.495. The van der Waals surface area contributed by atoms with Crippen molar-refractivity contribution in [2.24, 2.45) is 0 Å². The molecule has 66 valence electrons. The Morgan fingerprint density at radius 3 is 2.67 bits per heavy atom. The third kappa shape index (κ3) is 1.79. The van der Waals surface area contributed by atoms with Gasteiger partial charge < -0.3 is 0 Å². The first-order valence-electron chi connectivity index (χ1n) is 3.71. The maximum atomic E-state index is 11.2. The summed E-state index contributed by atoms with van der Waals surface area (Å²) in [6, 6.07) is 0. The molecule has 12 heavy (non-hydrogen) atoms. The SMILES string of the molecule is CCC(=O)N(C)c1nnc(C)s1. The normalized spacial score (nSPS) is 9.92. The molecule has 0 N–H and O–H groups in total. The Balaban J connectivity index is 2.77. The van der Waals surface area contributed by atoms with Crippen LogP contribution in [0.5, 0.6) is 0 Å². The van der Waals surface area contributed by atoms with Crippen LogP contribution in [0.2, 0.25) is 0 Å². The summed E-state index contributed by atoms with van der Waals surface area (Å²) < 4.78 is 0. The van der Waals surface area contributed by atoms with Gasteiger partial charge in [0.15, 0.2) is 0 Å². The predicted octanol–water partition coefficient (Wildman–Crippen LogP) is 1.22. The molecular weight excluding hydrogens is 174 g/mol. The average molecular weight is 185 g/mol. The van der Waals surface area contributed by atoms with Gasteiger partial charge in [-0.25, -0.2) is 0 Å². The van der Waals surface area contributed by atoms with E-state index in [4.69, 9.17) is 0 Å². The monoisotopic (exact) mass is 185 g/mol. The Morgan fingerprint density at radius 1 is 1.58 bits per heavy atom. The van der Waals surface area contributed by atoms with Gasteiger partial charge in [0.1, 0.15) is 5.01 Å². The van der Waals surface area contributed by atoms with Gasteiger partial charge in [-0.1, -0.05) is 18.3 Å². The second-order valence-electron chi connectivity index (χ2n) is 2.41. The zero-order valence-electron chi connectivity index (χ0n) is 7.37. The van der Waals surface area contributed by atoms with Crippen LogP contribution >= 0.6 is 11.3 Å². The maximum absolute atomic E-state index is 11.2. The Bertz CT molecular complexity index is 284. The van der Waals surface area contributed by atoms with Crippen molar-refractivity contribution in [2.75, 3.05) is 11.9 Å². The zero-order valence-corrected chi connectivity index (χ0v) is 8.18. The van der Waals surface area contributed by atoms with E-state index in [1.807, 2.05) is 13.8 Å². The highest BCUT2D eigenvalue weighted by Crippen LogP contribution is 2.18.